The van der Waals surface area contributed by atoms with Crippen LogP contribution in [0.2, 0.25) is 0 Å². The first-order valence-electron chi connectivity index (χ1n) is 5.73. The molecule has 0 heterocycles. The molecule has 1 aliphatic carbocycles. The lowest BCUT2D eigenvalue weighted by molar-refractivity contribution is -0.0315. The Morgan fingerprint density at radius 2 is 2.18 bits per heavy atom. The van der Waals surface area contributed by atoms with E-state index in [-0.39, 0.29) is 22.6 Å². The van der Waals surface area contributed by atoms with E-state index in [1.54, 1.807) is 0 Å². The van der Waals surface area contributed by atoms with Crippen LogP contribution in [0.3, 0.4) is 0 Å². The summed E-state index contributed by atoms with van der Waals surface area (Å²) in [6.07, 6.45) is 1.46. The summed E-state index contributed by atoms with van der Waals surface area (Å²) in [4.78, 5) is 0. The predicted octanol–water partition coefficient (Wildman–Crippen LogP) is 4.14. The van der Waals surface area contributed by atoms with Gasteiger partial charge in [0, 0.05) is 23.3 Å². The van der Waals surface area contributed by atoms with Crippen molar-refractivity contribution in [2.75, 3.05) is 0 Å². The van der Waals surface area contributed by atoms with E-state index >= 15 is 0 Å². The van der Waals surface area contributed by atoms with Gasteiger partial charge in [0.05, 0.1) is 0 Å². The van der Waals surface area contributed by atoms with Crippen molar-refractivity contribution in [1.29, 1.82) is 0 Å². The zero-order chi connectivity index (χ0) is 12.6. The molecule has 4 heteroatoms. The Morgan fingerprint density at radius 1 is 1.47 bits per heavy atom. The van der Waals surface area contributed by atoms with E-state index in [0.717, 1.165) is 12.5 Å². The van der Waals surface area contributed by atoms with E-state index in [2.05, 4.69) is 0 Å². The van der Waals surface area contributed by atoms with E-state index < -0.39 is 11.6 Å². The van der Waals surface area contributed by atoms with Crippen molar-refractivity contribution >= 4 is 11.6 Å². The van der Waals surface area contributed by atoms with Gasteiger partial charge in [-0.3, -0.25) is 0 Å². The summed E-state index contributed by atoms with van der Waals surface area (Å²) in [6.45, 7) is 4.06. The second-order valence-electron chi connectivity index (χ2n) is 4.74. The Bertz CT molecular complexity index is 424. The molecular weight excluding hydrogens is 246 g/mol. The highest BCUT2D eigenvalue weighted by Crippen LogP contribution is 2.49. The van der Waals surface area contributed by atoms with E-state index in [0.29, 0.717) is 6.42 Å². The number of rotatable bonds is 3. The molecule has 17 heavy (non-hydrogen) atoms. The number of ether oxygens (including phenoxy) is 1. The molecule has 1 aromatic carbocycles. The Hall–Kier alpha value is -0.830. The summed E-state index contributed by atoms with van der Waals surface area (Å²) in [6, 6.07) is 3.34. The summed E-state index contributed by atoms with van der Waals surface area (Å²) in [5, 5.41) is 0.0565. The third-order valence-corrected chi connectivity index (χ3v) is 4.47. The average Bonchev–Trinajstić information content (AvgIpc) is 2.30. The minimum absolute atomic E-state index is 0.0565. The maximum absolute atomic E-state index is 13.4. The quantitative estimate of drug-likeness (QED) is 0.742. The van der Waals surface area contributed by atoms with E-state index in [9.17, 15) is 8.78 Å². The number of halogens is 3. The molecule has 1 aliphatic rings. The lowest BCUT2D eigenvalue weighted by atomic mass is 9.65. The van der Waals surface area contributed by atoms with Crippen LogP contribution in [0.4, 0.5) is 8.78 Å². The molecule has 0 aliphatic heterocycles. The fourth-order valence-corrected chi connectivity index (χ4v) is 2.58. The third kappa shape index (κ3) is 2.13. The van der Waals surface area contributed by atoms with Gasteiger partial charge in [0.1, 0.15) is 11.9 Å². The molecule has 1 fully saturated rings. The largest absolute Gasteiger partial charge is 0.487 e. The van der Waals surface area contributed by atoms with Gasteiger partial charge in [0.2, 0.25) is 0 Å². The normalized spacial score (nSPS) is 32.1. The smallest absolute Gasteiger partial charge is 0.167 e. The lowest BCUT2D eigenvalue weighted by Crippen LogP contribution is -2.55. The maximum Gasteiger partial charge on any atom is 0.167 e. The van der Waals surface area contributed by atoms with Gasteiger partial charge in [-0.15, -0.1) is 11.6 Å². The molecular formula is C13H15ClF2O. The van der Waals surface area contributed by atoms with Crippen LogP contribution in [0, 0.1) is 17.0 Å². The van der Waals surface area contributed by atoms with Crippen LogP contribution in [0.25, 0.3) is 0 Å². The van der Waals surface area contributed by atoms with Crippen LogP contribution in [-0.2, 0) is 0 Å². The number of hydrogen-bond acceptors (Lipinski definition) is 1. The van der Waals surface area contributed by atoms with E-state index in [1.807, 2.05) is 13.8 Å². The molecule has 0 radical (unpaired) electrons. The molecule has 0 aromatic heterocycles. The zero-order valence-corrected chi connectivity index (χ0v) is 10.6. The summed E-state index contributed by atoms with van der Waals surface area (Å²) in [7, 11) is 0. The maximum atomic E-state index is 13.4. The van der Waals surface area contributed by atoms with Crippen molar-refractivity contribution in [2.24, 2.45) is 5.41 Å². The molecule has 94 valence electrons. The van der Waals surface area contributed by atoms with Crippen LogP contribution in [0.1, 0.15) is 26.7 Å². The van der Waals surface area contributed by atoms with Crippen molar-refractivity contribution in [2.45, 2.75) is 38.2 Å². The van der Waals surface area contributed by atoms with Gasteiger partial charge in [-0.25, -0.2) is 8.78 Å². The lowest BCUT2D eigenvalue weighted by Gasteiger charge is -2.50. The van der Waals surface area contributed by atoms with Gasteiger partial charge in [0.15, 0.2) is 11.6 Å². The molecule has 0 amide bonds. The van der Waals surface area contributed by atoms with Gasteiger partial charge in [-0.2, -0.15) is 0 Å². The number of benzene rings is 1. The minimum Gasteiger partial charge on any atom is -0.487 e. The van der Waals surface area contributed by atoms with Crippen LogP contribution < -0.4 is 4.74 Å². The number of alkyl halides is 1. The summed E-state index contributed by atoms with van der Waals surface area (Å²) < 4.78 is 31.8. The Labute approximate surface area is 105 Å². The van der Waals surface area contributed by atoms with Crippen LogP contribution in [-0.4, -0.2) is 11.5 Å². The summed E-state index contributed by atoms with van der Waals surface area (Å²) in [5.41, 5.74) is -0.137. The minimum atomic E-state index is -0.665. The molecule has 0 N–H and O–H groups in total. The first-order valence-corrected chi connectivity index (χ1v) is 6.16. The Kier molecular flexibility index (Phi) is 3.30. The van der Waals surface area contributed by atoms with E-state index in [1.165, 1.54) is 12.1 Å². The molecule has 0 bridgehead atoms. The number of hydrogen-bond donors (Lipinski definition) is 0. The molecule has 3 atom stereocenters. The second kappa shape index (κ2) is 4.45. The monoisotopic (exact) mass is 260 g/mol. The highest BCUT2D eigenvalue weighted by Gasteiger charge is 2.51. The van der Waals surface area contributed by atoms with Gasteiger partial charge >= 0.3 is 0 Å². The topological polar surface area (TPSA) is 9.23 Å². The molecule has 1 saturated carbocycles. The fraction of sp³-hybridized carbons (Fsp3) is 0.538. The van der Waals surface area contributed by atoms with Gasteiger partial charge in [0.25, 0.3) is 0 Å². The molecule has 0 spiro atoms. The summed E-state index contributed by atoms with van der Waals surface area (Å²) in [5.74, 6) is -1.17. The van der Waals surface area contributed by atoms with Crippen LogP contribution in [0.5, 0.6) is 5.75 Å². The first kappa shape index (κ1) is 12.6. The average molecular weight is 261 g/mol. The zero-order valence-electron chi connectivity index (χ0n) is 9.84. The summed E-state index contributed by atoms with van der Waals surface area (Å²) >= 11 is 6.15. The van der Waals surface area contributed by atoms with Gasteiger partial charge < -0.3 is 4.74 Å². The Morgan fingerprint density at radius 3 is 2.71 bits per heavy atom. The first-order chi connectivity index (χ1) is 7.97. The fourth-order valence-electron chi connectivity index (χ4n) is 2.12. The SMILES string of the molecule is CCC1(C)C(Cl)CC1Oc1ccc(F)cc1F. The van der Waals surface area contributed by atoms with Gasteiger partial charge in [-0.1, -0.05) is 13.8 Å². The predicted molar refractivity (Wildman–Crippen MR) is 63.4 cm³/mol. The van der Waals surface area contributed by atoms with Crippen molar-refractivity contribution in [3.8, 4) is 5.75 Å². The van der Waals surface area contributed by atoms with Crippen molar-refractivity contribution in [3.63, 3.8) is 0 Å². The van der Waals surface area contributed by atoms with Gasteiger partial charge in [-0.05, 0) is 18.6 Å². The van der Waals surface area contributed by atoms with Crippen molar-refractivity contribution in [1.82, 2.24) is 0 Å². The highest BCUT2D eigenvalue weighted by atomic mass is 35.5. The van der Waals surface area contributed by atoms with E-state index in [4.69, 9.17) is 16.3 Å². The standard InChI is InChI=1S/C13H15ClF2O/c1-3-13(2)11(14)7-12(13)17-10-5-4-8(15)6-9(10)16/h4-6,11-12H,3,7H2,1-2H3. The third-order valence-electron chi connectivity index (χ3n) is 3.80. The Balaban J connectivity index is 2.12. The highest BCUT2D eigenvalue weighted by molar-refractivity contribution is 6.21. The van der Waals surface area contributed by atoms with Crippen molar-refractivity contribution < 1.29 is 13.5 Å². The molecule has 2 rings (SSSR count). The second-order valence-corrected chi connectivity index (χ2v) is 5.27. The molecule has 0 saturated heterocycles. The van der Waals surface area contributed by atoms with Crippen LogP contribution in [0.15, 0.2) is 18.2 Å². The molecule has 1 nitrogen and oxygen atoms in total. The molecule has 3 unspecified atom stereocenters. The van der Waals surface area contributed by atoms with Crippen LogP contribution >= 0.6 is 11.6 Å². The molecule has 1 aromatic rings. The van der Waals surface area contributed by atoms with Crippen molar-refractivity contribution in [3.05, 3.63) is 29.8 Å².